The molecule has 0 atom stereocenters. The SMILES string of the molecule is C=[C+]C(=O)O. The molecule has 1 N–H and O–H groups in total. The maximum absolute atomic E-state index is 9.19. The van der Waals surface area contributed by atoms with Gasteiger partial charge in [-0.25, -0.2) is 0 Å². The molecule has 0 fully saturated rings. The molecule has 0 saturated carbocycles. The molecule has 0 aliphatic heterocycles. The monoisotopic (exact) mass is 71.0 g/mol. The van der Waals surface area contributed by atoms with E-state index in [1.807, 2.05) is 0 Å². The second kappa shape index (κ2) is 1.44. The van der Waals surface area contributed by atoms with Gasteiger partial charge in [-0.15, -0.1) is 0 Å². The Kier molecular flexibility index (Phi) is 1.19. The van der Waals surface area contributed by atoms with E-state index < -0.39 is 5.97 Å². The number of hydrogen-bond donors (Lipinski definition) is 1. The third-order valence-electron chi connectivity index (χ3n) is 0.151. The smallest absolute Gasteiger partial charge is 0.437 e. The van der Waals surface area contributed by atoms with Crippen molar-refractivity contribution >= 4 is 5.97 Å². The fourth-order valence-corrected chi connectivity index (χ4v) is 0. The van der Waals surface area contributed by atoms with Crippen molar-refractivity contribution in [1.82, 2.24) is 0 Å². The van der Waals surface area contributed by atoms with Crippen molar-refractivity contribution in [2.75, 3.05) is 0 Å². The topological polar surface area (TPSA) is 37.3 Å². The van der Waals surface area contributed by atoms with Gasteiger partial charge < -0.3 is 5.11 Å². The molecule has 0 radical (unpaired) electrons. The average molecular weight is 71.1 g/mol. The van der Waals surface area contributed by atoms with Crippen molar-refractivity contribution < 1.29 is 9.90 Å². The minimum atomic E-state index is -1.11. The highest BCUT2D eigenvalue weighted by molar-refractivity contribution is 5.74. The van der Waals surface area contributed by atoms with Gasteiger partial charge >= 0.3 is 12.0 Å². The number of rotatable bonds is 1. The van der Waals surface area contributed by atoms with Crippen LogP contribution in [0.2, 0.25) is 0 Å². The van der Waals surface area contributed by atoms with Crippen LogP contribution in [0, 0.1) is 6.08 Å². The summed E-state index contributed by atoms with van der Waals surface area (Å²) < 4.78 is 0. The molecule has 0 aliphatic carbocycles. The molecule has 0 bridgehead atoms. The molecule has 0 aromatic heterocycles. The summed E-state index contributed by atoms with van der Waals surface area (Å²) >= 11 is 0. The third-order valence-corrected chi connectivity index (χ3v) is 0.151. The van der Waals surface area contributed by atoms with Gasteiger partial charge in [0.25, 0.3) is 0 Å². The molecule has 0 unspecified atom stereocenters. The van der Waals surface area contributed by atoms with Gasteiger partial charge in [-0.2, -0.15) is 4.79 Å². The predicted octanol–water partition coefficient (Wildman–Crippen LogP) is 0.0602. The van der Waals surface area contributed by atoms with Crippen LogP contribution in [0.15, 0.2) is 6.58 Å². The Morgan fingerprint density at radius 1 is 2.00 bits per heavy atom. The molecule has 26 valence electrons. The molecule has 5 heavy (non-hydrogen) atoms. The van der Waals surface area contributed by atoms with E-state index in [2.05, 4.69) is 6.58 Å². The van der Waals surface area contributed by atoms with Crippen molar-refractivity contribution in [2.24, 2.45) is 0 Å². The normalized spacial score (nSPS) is 5.60. The average Bonchev–Trinajstić information content (AvgIpc) is 1.38. The van der Waals surface area contributed by atoms with E-state index in [1.54, 1.807) is 6.08 Å². The molecule has 0 rings (SSSR count). The van der Waals surface area contributed by atoms with Crippen molar-refractivity contribution in [3.05, 3.63) is 12.7 Å². The molecule has 0 amide bonds. The number of hydrogen-bond acceptors (Lipinski definition) is 1. The number of carboxylic acid groups (broad SMARTS) is 1. The lowest BCUT2D eigenvalue weighted by Crippen LogP contribution is -1.83. The van der Waals surface area contributed by atoms with Crippen LogP contribution >= 0.6 is 0 Å². The first-order chi connectivity index (χ1) is 2.27. The fraction of sp³-hybridized carbons (Fsp3) is 0. The molecule has 0 saturated heterocycles. The van der Waals surface area contributed by atoms with Crippen molar-refractivity contribution in [2.45, 2.75) is 0 Å². The van der Waals surface area contributed by atoms with E-state index >= 15 is 0 Å². The largest absolute Gasteiger partial charge is 0.585 e. The van der Waals surface area contributed by atoms with Crippen LogP contribution in [0.25, 0.3) is 0 Å². The zero-order valence-electron chi connectivity index (χ0n) is 2.56. The van der Waals surface area contributed by atoms with Gasteiger partial charge in [-0.3, -0.25) is 0 Å². The lowest BCUT2D eigenvalue weighted by atomic mass is 10.7. The summed E-state index contributed by atoms with van der Waals surface area (Å²) in [5.41, 5.74) is 0. The molecule has 0 aromatic rings. The fourth-order valence-electron chi connectivity index (χ4n) is 0. The highest BCUT2D eigenvalue weighted by Gasteiger charge is 1.97. The van der Waals surface area contributed by atoms with Crippen LogP contribution in [-0.2, 0) is 4.79 Å². The summed E-state index contributed by atoms with van der Waals surface area (Å²) in [4.78, 5) is 9.19. The van der Waals surface area contributed by atoms with E-state index in [9.17, 15) is 4.79 Å². The Morgan fingerprint density at radius 3 is 2.20 bits per heavy atom. The number of carboxylic acids is 1. The zero-order chi connectivity index (χ0) is 4.28. The summed E-state index contributed by atoms with van der Waals surface area (Å²) in [6, 6.07) is 0. The molecular formula is C3H3O2+. The summed E-state index contributed by atoms with van der Waals surface area (Å²) in [7, 11) is 0. The van der Waals surface area contributed by atoms with Crippen LogP contribution in [0.1, 0.15) is 0 Å². The van der Waals surface area contributed by atoms with Crippen LogP contribution in [0.5, 0.6) is 0 Å². The number of carbonyl (C=O) groups is 1. The van der Waals surface area contributed by atoms with Gasteiger partial charge in [0.15, 0.2) is 6.58 Å². The molecule has 0 aliphatic rings. The van der Waals surface area contributed by atoms with Gasteiger partial charge in [0.05, 0.1) is 0 Å². The van der Waals surface area contributed by atoms with Crippen LogP contribution in [0.4, 0.5) is 0 Å². The predicted molar refractivity (Wildman–Crippen MR) is 16.5 cm³/mol. The Bertz CT molecular complexity index is 55.9. The highest BCUT2D eigenvalue weighted by atomic mass is 16.4. The third kappa shape index (κ3) is 3.12. The Morgan fingerprint density at radius 2 is 2.20 bits per heavy atom. The zero-order valence-corrected chi connectivity index (χ0v) is 2.56. The van der Waals surface area contributed by atoms with Gasteiger partial charge in [-0.1, -0.05) is 0 Å². The van der Waals surface area contributed by atoms with Crippen LogP contribution in [-0.4, -0.2) is 11.1 Å². The van der Waals surface area contributed by atoms with Gasteiger partial charge in [-0.05, 0) is 0 Å². The lowest BCUT2D eigenvalue weighted by Gasteiger charge is -1.46. The molecule has 0 aromatic carbocycles. The summed E-state index contributed by atoms with van der Waals surface area (Å²) in [6.07, 6.45) is 1.69. The quantitative estimate of drug-likeness (QED) is 0.350. The standard InChI is InChI=1S/C3H2O2/c1-2-3(4)5/h1H2/p+1. The highest BCUT2D eigenvalue weighted by Crippen LogP contribution is 1.52. The van der Waals surface area contributed by atoms with E-state index in [4.69, 9.17) is 5.11 Å². The molecule has 2 heteroatoms. The van der Waals surface area contributed by atoms with Crippen LogP contribution < -0.4 is 0 Å². The first-order valence-electron chi connectivity index (χ1n) is 1.03. The molecule has 0 heterocycles. The van der Waals surface area contributed by atoms with Crippen molar-refractivity contribution in [3.63, 3.8) is 0 Å². The van der Waals surface area contributed by atoms with Gasteiger partial charge in [0.2, 0.25) is 0 Å². The first kappa shape index (κ1) is 4.12. The summed E-state index contributed by atoms with van der Waals surface area (Å²) in [6.45, 7) is 2.84. The maximum Gasteiger partial charge on any atom is 0.585 e. The molecular weight excluding hydrogens is 68.0 g/mol. The Balaban J connectivity index is 3.20. The van der Waals surface area contributed by atoms with E-state index in [0.717, 1.165) is 0 Å². The maximum atomic E-state index is 9.19. The van der Waals surface area contributed by atoms with Crippen molar-refractivity contribution in [3.8, 4) is 0 Å². The molecule has 2 nitrogen and oxygen atoms in total. The second-order valence-electron chi connectivity index (χ2n) is 0.482. The first-order valence-corrected chi connectivity index (χ1v) is 1.03. The van der Waals surface area contributed by atoms with E-state index in [-0.39, 0.29) is 0 Å². The van der Waals surface area contributed by atoms with E-state index in [1.165, 1.54) is 0 Å². The Hall–Kier alpha value is -0.880. The Labute approximate surface area is 29.7 Å². The molecule has 0 spiro atoms. The minimum absolute atomic E-state index is 1.11. The summed E-state index contributed by atoms with van der Waals surface area (Å²) in [5, 5.41) is 7.55. The number of aliphatic carboxylic acids is 1. The van der Waals surface area contributed by atoms with Gasteiger partial charge in [0.1, 0.15) is 0 Å². The second-order valence-corrected chi connectivity index (χ2v) is 0.482. The van der Waals surface area contributed by atoms with Crippen molar-refractivity contribution in [1.29, 1.82) is 0 Å². The van der Waals surface area contributed by atoms with Gasteiger partial charge in [0, 0.05) is 0 Å². The van der Waals surface area contributed by atoms with E-state index in [0.29, 0.717) is 0 Å². The van der Waals surface area contributed by atoms with Crippen LogP contribution in [0.3, 0.4) is 0 Å². The summed E-state index contributed by atoms with van der Waals surface area (Å²) in [5.74, 6) is -1.11. The lowest BCUT2D eigenvalue weighted by molar-refractivity contribution is -0.132. The minimum Gasteiger partial charge on any atom is -0.437 e.